The minimum Gasteiger partial charge on any atom is -0.312 e. The van der Waals surface area contributed by atoms with E-state index in [1.165, 1.54) is 11.3 Å². The normalized spacial score (nSPS) is 11.9. The molecule has 0 aromatic carbocycles. The van der Waals surface area contributed by atoms with Gasteiger partial charge in [0.25, 0.3) is 0 Å². The van der Waals surface area contributed by atoms with Crippen LogP contribution in [0.25, 0.3) is 0 Å². The molecule has 0 aliphatic carbocycles. The second-order valence-corrected chi connectivity index (χ2v) is 6.83. The van der Waals surface area contributed by atoms with Crippen molar-refractivity contribution in [2.75, 3.05) is 13.1 Å². The van der Waals surface area contributed by atoms with Gasteiger partial charge < -0.3 is 5.32 Å². The topological polar surface area (TPSA) is 58.2 Å². The summed E-state index contributed by atoms with van der Waals surface area (Å²) in [6.07, 6.45) is 3.03. The number of hydrogen-bond acceptors (Lipinski definition) is 4. The van der Waals surface area contributed by atoms with E-state index < -0.39 is 10.0 Å². The van der Waals surface area contributed by atoms with E-state index in [4.69, 9.17) is 0 Å². The van der Waals surface area contributed by atoms with Gasteiger partial charge in [0.2, 0.25) is 10.0 Å². The summed E-state index contributed by atoms with van der Waals surface area (Å²) < 4.78 is 26.9. The van der Waals surface area contributed by atoms with Crippen molar-refractivity contribution in [3.8, 4) is 0 Å². The summed E-state index contributed by atoms with van der Waals surface area (Å²) in [5, 5.41) is 4.98. The van der Waals surface area contributed by atoms with Gasteiger partial charge in [-0.05, 0) is 24.4 Å². The van der Waals surface area contributed by atoms with Crippen LogP contribution in [-0.2, 0) is 16.6 Å². The molecule has 0 spiro atoms. The van der Waals surface area contributed by atoms with Gasteiger partial charge in [-0.3, -0.25) is 0 Å². The lowest BCUT2D eigenvalue weighted by Crippen LogP contribution is -2.26. The third kappa shape index (κ3) is 4.68. The molecule has 2 N–H and O–H groups in total. The Morgan fingerprint density at radius 2 is 2.06 bits per heavy atom. The third-order valence-electron chi connectivity index (χ3n) is 2.60. The quantitative estimate of drug-likeness (QED) is 0.686. The smallest absolute Gasteiger partial charge is 0.241 e. The molecule has 0 radical (unpaired) electrons. The minimum atomic E-state index is -3.34. The molecule has 4 nitrogen and oxygen atoms in total. The van der Waals surface area contributed by atoms with Crippen LogP contribution in [0.15, 0.2) is 16.3 Å². The predicted molar refractivity (Wildman–Crippen MR) is 76.4 cm³/mol. The minimum absolute atomic E-state index is 0.421. The molecule has 0 atom stereocenters. The lowest BCUT2D eigenvalue weighted by Gasteiger charge is -2.07. The van der Waals surface area contributed by atoms with Crippen molar-refractivity contribution in [3.63, 3.8) is 0 Å². The van der Waals surface area contributed by atoms with E-state index in [0.29, 0.717) is 18.0 Å². The number of nitrogens with one attached hydrogen (secondary N) is 2. The van der Waals surface area contributed by atoms with Crippen LogP contribution >= 0.6 is 11.3 Å². The average Bonchev–Trinajstić information content (AvgIpc) is 2.81. The zero-order valence-electron chi connectivity index (χ0n) is 11.0. The maximum Gasteiger partial charge on any atom is 0.241 e. The van der Waals surface area contributed by atoms with Gasteiger partial charge >= 0.3 is 0 Å². The van der Waals surface area contributed by atoms with Gasteiger partial charge in [0.05, 0.1) is 4.90 Å². The monoisotopic (exact) mass is 290 g/mol. The van der Waals surface area contributed by atoms with Crippen molar-refractivity contribution in [3.05, 3.63) is 16.3 Å². The summed E-state index contributed by atoms with van der Waals surface area (Å²) >= 11 is 1.48. The largest absolute Gasteiger partial charge is 0.312 e. The van der Waals surface area contributed by atoms with E-state index >= 15 is 0 Å². The number of hydrogen-bond donors (Lipinski definition) is 2. The predicted octanol–water partition coefficient (Wildman–Crippen LogP) is 2.33. The molecule has 0 bridgehead atoms. The Bertz CT molecular complexity index is 441. The highest BCUT2D eigenvalue weighted by atomic mass is 32.2. The first kappa shape index (κ1) is 15.6. The number of thiophene rings is 1. The maximum atomic E-state index is 12.1. The lowest BCUT2D eigenvalue weighted by atomic mass is 10.3. The van der Waals surface area contributed by atoms with Crippen molar-refractivity contribution < 1.29 is 8.42 Å². The van der Waals surface area contributed by atoms with Crippen molar-refractivity contribution in [2.45, 2.75) is 44.6 Å². The zero-order chi connectivity index (χ0) is 13.4. The molecular weight excluding hydrogens is 268 g/mol. The molecule has 0 amide bonds. The van der Waals surface area contributed by atoms with Crippen LogP contribution in [-0.4, -0.2) is 21.5 Å². The van der Waals surface area contributed by atoms with Crippen LogP contribution in [0.2, 0.25) is 0 Å². The Morgan fingerprint density at radius 3 is 2.72 bits per heavy atom. The zero-order valence-corrected chi connectivity index (χ0v) is 12.7. The van der Waals surface area contributed by atoms with Gasteiger partial charge in [0, 0.05) is 18.0 Å². The van der Waals surface area contributed by atoms with Gasteiger partial charge in [0.15, 0.2) is 0 Å². The number of rotatable bonds is 9. The van der Waals surface area contributed by atoms with Crippen LogP contribution in [0.1, 0.15) is 38.0 Å². The Balaban J connectivity index is 2.63. The van der Waals surface area contributed by atoms with E-state index in [0.717, 1.165) is 30.7 Å². The molecule has 0 aliphatic heterocycles. The summed E-state index contributed by atoms with van der Waals surface area (Å²) in [6.45, 7) is 6.07. The molecule has 0 fully saturated rings. The Labute approximate surface area is 114 Å². The van der Waals surface area contributed by atoms with Crippen LogP contribution in [0.3, 0.4) is 0 Å². The first-order valence-corrected chi connectivity index (χ1v) is 8.74. The molecular formula is C12H22N2O2S2. The first-order chi connectivity index (χ1) is 8.61. The van der Waals surface area contributed by atoms with Crippen molar-refractivity contribution in [2.24, 2.45) is 0 Å². The Hall–Kier alpha value is -0.430. The fraction of sp³-hybridized carbons (Fsp3) is 0.667. The molecule has 1 aromatic heterocycles. The highest BCUT2D eigenvalue weighted by Crippen LogP contribution is 2.21. The van der Waals surface area contributed by atoms with Gasteiger partial charge in [-0.15, -0.1) is 11.3 Å². The first-order valence-electron chi connectivity index (χ1n) is 6.38. The van der Waals surface area contributed by atoms with Crippen LogP contribution < -0.4 is 10.0 Å². The van der Waals surface area contributed by atoms with Crippen molar-refractivity contribution in [1.29, 1.82) is 0 Å². The molecule has 0 saturated heterocycles. The Morgan fingerprint density at radius 1 is 1.28 bits per heavy atom. The summed E-state index contributed by atoms with van der Waals surface area (Å²) in [5.74, 6) is 0. The van der Waals surface area contributed by atoms with E-state index in [-0.39, 0.29) is 0 Å². The number of sulfonamides is 1. The molecule has 104 valence electrons. The summed E-state index contributed by atoms with van der Waals surface area (Å²) in [4.78, 5) is 1.30. The second-order valence-electron chi connectivity index (χ2n) is 4.09. The van der Waals surface area contributed by atoms with Crippen LogP contribution in [0, 0.1) is 0 Å². The second kappa shape index (κ2) is 7.89. The fourth-order valence-corrected chi connectivity index (χ4v) is 4.08. The molecule has 0 saturated carbocycles. The van der Waals surface area contributed by atoms with E-state index in [9.17, 15) is 8.42 Å². The van der Waals surface area contributed by atoms with Gasteiger partial charge in [-0.1, -0.05) is 26.7 Å². The molecule has 0 aliphatic rings. The van der Waals surface area contributed by atoms with Crippen LogP contribution in [0.4, 0.5) is 0 Å². The van der Waals surface area contributed by atoms with Gasteiger partial charge in [-0.25, -0.2) is 13.1 Å². The summed E-state index contributed by atoms with van der Waals surface area (Å²) in [5.41, 5.74) is 0. The molecule has 1 aromatic rings. The Kier molecular flexibility index (Phi) is 6.85. The summed E-state index contributed by atoms with van der Waals surface area (Å²) in [7, 11) is -3.34. The van der Waals surface area contributed by atoms with E-state index in [1.807, 2.05) is 12.3 Å². The highest BCUT2D eigenvalue weighted by Gasteiger charge is 2.18. The average molecular weight is 290 g/mol. The lowest BCUT2D eigenvalue weighted by molar-refractivity contribution is 0.574. The van der Waals surface area contributed by atoms with E-state index in [1.54, 1.807) is 6.07 Å². The maximum absolute atomic E-state index is 12.1. The van der Waals surface area contributed by atoms with E-state index in [2.05, 4.69) is 17.0 Å². The van der Waals surface area contributed by atoms with Gasteiger partial charge in [-0.2, -0.15) is 0 Å². The standard InChI is InChI=1S/C12H22N2O2S2/c1-3-5-6-8-14-18(15,16)12-7-9-17-11(12)10-13-4-2/h7,9,13-14H,3-6,8,10H2,1-2H3. The molecule has 1 rings (SSSR count). The molecule has 0 unspecified atom stereocenters. The molecule has 6 heteroatoms. The van der Waals surface area contributed by atoms with Crippen molar-refractivity contribution in [1.82, 2.24) is 10.0 Å². The van der Waals surface area contributed by atoms with Gasteiger partial charge in [0.1, 0.15) is 0 Å². The highest BCUT2D eigenvalue weighted by molar-refractivity contribution is 7.89. The number of unbranched alkanes of at least 4 members (excludes halogenated alkanes) is 2. The molecule has 18 heavy (non-hydrogen) atoms. The molecule has 1 heterocycles. The summed E-state index contributed by atoms with van der Waals surface area (Å²) in [6, 6.07) is 1.68. The van der Waals surface area contributed by atoms with Crippen LogP contribution in [0.5, 0.6) is 0 Å². The fourth-order valence-electron chi connectivity index (χ4n) is 1.60. The third-order valence-corrected chi connectivity index (χ3v) is 5.20. The van der Waals surface area contributed by atoms with Crippen molar-refractivity contribution >= 4 is 21.4 Å². The SMILES string of the molecule is CCCCCNS(=O)(=O)c1ccsc1CNCC.